The van der Waals surface area contributed by atoms with Crippen molar-refractivity contribution in [3.05, 3.63) is 29.5 Å². The van der Waals surface area contributed by atoms with Gasteiger partial charge in [0, 0.05) is 5.39 Å². The molecule has 0 aliphatic carbocycles. The highest BCUT2D eigenvalue weighted by atomic mass is 16.5. The third-order valence-corrected chi connectivity index (χ3v) is 2.54. The van der Waals surface area contributed by atoms with E-state index in [4.69, 9.17) is 13.9 Å². The zero-order valence-electron chi connectivity index (χ0n) is 10.1. The number of hydrogen-bond donors (Lipinski definition) is 0. The van der Waals surface area contributed by atoms with Gasteiger partial charge >= 0.3 is 5.97 Å². The SMILES string of the molecule is CCOc1ccc2oc(C)c(C(=O)OC)c2c1. The van der Waals surface area contributed by atoms with Gasteiger partial charge in [-0.2, -0.15) is 0 Å². The first-order chi connectivity index (χ1) is 8.17. The Balaban J connectivity index is 2.60. The van der Waals surface area contributed by atoms with E-state index in [-0.39, 0.29) is 0 Å². The minimum Gasteiger partial charge on any atom is -0.494 e. The summed E-state index contributed by atoms with van der Waals surface area (Å²) in [6.07, 6.45) is 0. The fraction of sp³-hybridized carbons (Fsp3) is 0.308. The van der Waals surface area contributed by atoms with Crippen LogP contribution in [0.1, 0.15) is 23.0 Å². The monoisotopic (exact) mass is 234 g/mol. The Labute approximate surface area is 99.1 Å². The molecular formula is C13H14O4. The molecule has 1 aromatic carbocycles. The molecule has 17 heavy (non-hydrogen) atoms. The van der Waals surface area contributed by atoms with E-state index in [9.17, 15) is 4.79 Å². The standard InChI is InChI=1S/C13H14O4/c1-4-16-9-5-6-11-10(7-9)12(8(2)17-11)13(14)15-3/h5-7H,4H2,1-3H3. The van der Waals surface area contributed by atoms with Crippen molar-refractivity contribution >= 4 is 16.9 Å². The summed E-state index contributed by atoms with van der Waals surface area (Å²) in [4.78, 5) is 11.7. The Hall–Kier alpha value is -1.97. The maximum Gasteiger partial charge on any atom is 0.342 e. The van der Waals surface area contributed by atoms with Crippen molar-refractivity contribution in [1.82, 2.24) is 0 Å². The summed E-state index contributed by atoms with van der Waals surface area (Å²) in [7, 11) is 1.35. The van der Waals surface area contributed by atoms with E-state index in [0.29, 0.717) is 29.3 Å². The van der Waals surface area contributed by atoms with Crippen LogP contribution in [0.3, 0.4) is 0 Å². The lowest BCUT2D eigenvalue weighted by molar-refractivity contribution is 0.0601. The average Bonchev–Trinajstić information content (AvgIpc) is 2.64. The second-order valence-corrected chi connectivity index (χ2v) is 3.62. The van der Waals surface area contributed by atoms with Gasteiger partial charge in [0.15, 0.2) is 0 Å². The number of rotatable bonds is 3. The predicted octanol–water partition coefficient (Wildman–Crippen LogP) is 2.93. The third-order valence-electron chi connectivity index (χ3n) is 2.54. The van der Waals surface area contributed by atoms with Crippen LogP contribution in [0.25, 0.3) is 11.0 Å². The molecule has 0 saturated carbocycles. The molecule has 0 bridgehead atoms. The van der Waals surface area contributed by atoms with Crippen LogP contribution >= 0.6 is 0 Å². The van der Waals surface area contributed by atoms with Crippen molar-refractivity contribution in [1.29, 1.82) is 0 Å². The van der Waals surface area contributed by atoms with Crippen LogP contribution in [-0.2, 0) is 4.74 Å². The molecule has 0 saturated heterocycles. The van der Waals surface area contributed by atoms with Gasteiger partial charge in [0.05, 0.1) is 13.7 Å². The first-order valence-electron chi connectivity index (χ1n) is 5.41. The highest BCUT2D eigenvalue weighted by molar-refractivity contribution is 6.04. The maximum absolute atomic E-state index is 11.7. The Morgan fingerprint density at radius 2 is 2.18 bits per heavy atom. The largest absolute Gasteiger partial charge is 0.494 e. The van der Waals surface area contributed by atoms with E-state index in [1.807, 2.05) is 13.0 Å². The highest BCUT2D eigenvalue weighted by Gasteiger charge is 2.19. The summed E-state index contributed by atoms with van der Waals surface area (Å²) < 4.78 is 15.6. The molecule has 1 heterocycles. The summed E-state index contributed by atoms with van der Waals surface area (Å²) in [5.74, 6) is 0.876. The van der Waals surface area contributed by atoms with Crippen LogP contribution in [0.2, 0.25) is 0 Å². The molecule has 0 fully saturated rings. The molecule has 0 atom stereocenters. The predicted molar refractivity (Wildman–Crippen MR) is 63.5 cm³/mol. The van der Waals surface area contributed by atoms with Crippen LogP contribution in [0.5, 0.6) is 5.75 Å². The summed E-state index contributed by atoms with van der Waals surface area (Å²) in [5.41, 5.74) is 1.12. The molecule has 0 aliphatic rings. The van der Waals surface area contributed by atoms with Gasteiger partial charge in [-0.05, 0) is 32.0 Å². The molecule has 90 valence electrons. The lowest BCUT2D eigenvalue weighted by Crippen LogP contribution is -2.01. The number of benzene rings is 1. The number of esters is 1. The van der Waals surface area contributed by atoms with Gasteiger partial charge in [-0.3, -0.25) is 0 Å². The smallest absolute Gasteiger partial charge is 0.342 e. The molecule has 2 aromatic rings. The van der Waals surface area contributed by atoms with Crippen LogP contribution in [0.15, 0.2) is 22.6 Å². The Morgan fingerprint density at radius 1 is 1.41 bits per heavy atom. The van der Waals surface area contributed by atoms with Gasteiger partial charge in [0.25, 0.3) is 0 Å². The fourth-order valence-electron chi connectivity index (χ4n) is 1.81. The third kappa shape index (κ3) is 1.98. The van der Waals surface area contributed by atoms with Crippen LogP contribution in [-0.4, -0.2) is 19.7 Å². The number of ether oxygens (including phenoxy) is 2. The quantitative estimate of drug-likeness (QED) is 0.766. The molecular weight excluding hydrogens is 220 g/mol. The van der Waals surface area contributed by atoms with Gasteiger partial charge in [0.1, 0.15) is 22.7 Å². The lowest BCUT2D eigenvalue weighted by atomic mass is 10.1. The van der Waals surface area contributed by atoms with E-state index < -0.39 is 5.97 Å². The van der Waals surface area contributed by atoms with Gasteiger partial charge in [-0.15, -0.1) is 0 Å². The topological polar surface area (TPSA) is 48.7 Å². The normalized spacial score (nSPS) is 10.5. The molecule has 4 heteroatoms. The molecule has 0 radical (unpaired) electrons. The number of fused-ring (bicyclic) bond motifs is 1. The maximum atomic E-state index is 11.7. The summed E-state index contributed by atoms with van der Waals surface area (Å²) in [5, 5.41) is 0.723. The molecule has 0 amide bonds. The van der Waals surface area contributed by atoms with Crippen LogP contribution < -0.4 is 4.74 Å². The minimum absolute atomic E-state index is 0.394. The van der Waals surface area contributed by atoms with Crippen molar-refractivity contribution in [3.63, 3.8) is 0 Å². The van der Waals surface area contributed by atoms with E-state index in [1.165, 1.54) is 7.11 Å². The van der Waals surface area contributed by atoms with Gasteiger partial charge in [-0.25, -0.2) is 4.79 Å². The van der Waals surface area contributed by atoms with Crippen molar-refractivity contribution in [2.24, 2.45) is 0 Å². The fourth-order valence-corrected chi connectivity index (χ4v) is 1.81. The lowest BCUT2D eigenvalue weighted by Gasteiger charge is -2.02. The van der Waals surface area contributed by atoms with Crippen molar-refractivity contribution in [2.75, 3.05) is 13.7 Å². The molecule has 0 aliphatic heterocycles. The number of carbonyl (C=O) groups excluding carboxylic acids is 1. The molecule has 2 rings (SSSR count). The Morgan fingerprint density at radius 3 is 2.82 bits per heavy atom. The number of carbonyl (C=O) groups is 1. The zero-order valence-corrected chi connectivity index (χ0v) is 10.1. The highest BCUT2D eigenvalue weighted by Crippen LogP contribution is 2.29. The second-order valence-electron chi connectivity index (χ2n) is 3.62. The zero-order chi connectivity index (χ0) is 12.4. The van der Waals surface area contributed by atoms with Crippen molar-refractivity contribution in [3.8, 4) is 5.75 Å². The van der Waals surface area contributed by atoms with E-state index in [2.05, 4.69) is 0 Å². The molecule has 1 aromatic heterocycles. The minimum atomic E-state index is -0.394. The van der Waals surface area contributed by atoms with Gasteiger partial charge in [0.2, 0.25) is 0 Å². The number of methoxy groups -OCH3 is 1. The van der Waals surface area contributed by atoms with E-state index in [0.717, 1.165) is 5.39 Å². The summed E-state index contributed by atoms with van der Waals surface area (Å²) in [6, 6.07) is 5.40. The first-order valence-corrected chi connectivity index (χ1v) is 5.41. The molecule has 4 nitrogen and oxygen atoms in total. The van der Waals surface area contributed by atoms with E-state index >= 15 is 0 Å². The summed E-state index contributed by atoms with van der Waals surface area (Å²) >= 11 is 0. The van der Waals surface area contributed by atoms with Gasteiger partial charge in [-0.1, -0.05) is 0 Å². The van der Waals surface area contributed by atoms with Crippen LogP contribution in [0.4, 0.5) is 0 Å². The Bertz CT molecular complexity index is 554. The first kappa shape index (κ1) is 11.5. The number of furan rings is 1. The van der Waals surface area contributed by atoms with Crippen LogP contribution in [0, 0.1) is 6.92 Å². The molecule has 0 spiro atoms. The van der Waals surface area contributed by atoms with Crippen molar-refractivity contribution in [2.45, 2.75) is 13.8 Å². The molecule has 0 unspecified atom stereocenters. The average molecular weight is 234 g/mol. The summed E-state index contributed by atoms with van der Waals surface area (Å²) in [6.45, 7) is 4.23. The number of aryl methyl sites for hydroxylation is 1. The Kier molecular flexibility index (Phi) is 3.04. The number of hydrogen-bond acceptors (Lipinski definition) is 4. The van der Waals surface area contributed by atoms with Gasteiger partial charge < -0.3 is 13.9 Å². The van der Waals surface area contributed by atoms with E-state index in [1.54, 1.807) is 19.1 Å². The molecule has 0 N–H and O–H groups in total. The second kappa shape index (κ2) is 4.49. The van der Waals surface area contributed by atoms with Crippen molar-refractivity contribution < 1.29 is 18.7 Å².